The molecule has 122 valence electrons. The molecule has 3 rings (SSSR count). The molecule has 6 heteroatoms. The number of nitrogens with zero attached hydrogens (tertiary/aromatic N) is 3. The van der Waals surface area contributed by atoms with Gasteiger partial charge in [-0.3, -0.25) is 4.98 Å². The second kappa shape index (κ2) is 7.08. The Bertz CT molecular complexity index is 685. The molecule has 2 aromatic heterocycles. The average Bonchev–Trinajstić information content (AvgIpc) is 3.15. The molecule has 0 spiro atoms. The molecule has 1 saturated heterocycles. The standard InChI is InChI=1S/C17H22N4OS/c1-12-5-3-6-14(19-12)8-9-18-17(22)21-10-4-7-16(21)15-11-23-13(2)20-15/h3,5-6,11,16H,4,7-10H2,1-2H3,(H,18,22)/t16-/m0/s1. The van der Waals surface area contributed by atoms with Crippen molar-refractivity contribution in [2.45, 2.75) is 39.2 Å². The first kappa shape index (κ1) is 15.9. The lowest BCUT2D eigenvalue weighted by Crippen LogP contribution is -2.40. The van der Waals surface area contributed by atoms with Crippen LogP contribution >= 0.6 is 11.3 Å². The summed E-state index contributed by atoms with van der Waals surface area (Å²) in [6.45, 7) is 5.39. The number of pyridine rings is 1. The molecule has 1 aliphatic heterocycles. The van der Waals surface area contributed by atoms with Gasteiger partial charge in [0.05, 0.1) is 16.7 Å². The van der Waals surface area contributed by atoms with Crippen molar-refractivity contribution in [2.75, 3.05) is 13.1 Å². The number of urea groups is 1. The molecule has 0 radical (unpaired) electrons. The van der Waals surface area contributed by atoms with Crippen LogP contribution in [-0.4, -0.2) is 34.0 Å². The first-order valence-corrected chi connectivity index (χ1v) is 8.90. The van der Waals surface area contributed by atoms with E-state index in [1.54, 1.807) is 11.3 Å². The summed E-state index contributed by atoms with van der Waals surface area (Å²) in [4.78, 5) is 23.4. The number of aromatic nitrogens is 2. The predicted octanol–water partition coefficient (Wildman–Crippen LogP) is 3.24. The van der Waals surface area contributed by atoms with Crippen LogP contribution in [0, 0.1) is 13.8 Å². The van der Waals surface area contributed by atoms with Crippen molar-refractivity contribution < 1.29 is 4.79 Å². The van der Waals surface area contributed by atoms with Crippen molar-refractivity contribution in [3.63, 3.8) is 0 Å². The van der Waals surface area contributed by atoms with E-state index >= 15 is 0 Å². The van der Waals surface area contributed by atoms with E-state index in [1.807, 2.05) is 36.9 Å². The molecule has 0 saturated carbocycles. The predicted molar refractivity (Wildman–Crippen MR) is 91.6 cm³/mol. The number of thiazole rings is 1. The molecule has 0 aromatic carbocycles. The third-order valence-electron chi connectivity index (χ3n) is 4.10. The fourth-order valence-corrected chi connectivity index (χ4v) is 3.65. The summed E-state index contributed by atoms with van der Waals surface area (Å²) in [5.41, 5.74) is 3.05. The molecule has 23 heavy (non-hydrogen) atoms. The summed E-state index contributed by atoms with van der Waals surface area (Å²) in [6, 6.07) is 6.10. The maximum atomic E-state index is 12.5. The first-order valence-electron chi connectivity index (χ1n) is 8.02. The van der Waals surface area contributed by atoms with Crippen LogP contribution in [0.1, 0.15) is 41.0 Å². The van der Waals surface area contributed by atoms with Gasteiger partial charge in [-0.15, -0.1) is 11.3 Å². The Hall–Kier alpha value is -1.95. The molecule has 1 aliphatic rings. The quantitative estimate of drug-likeness (QED) is 0.936. The minimum Gasteiger partial charge on any atom is -0.338 e. The normalized spacial score (nSPS) is 17.5. The van der Waals surface area contributed by atoms with Gasteiger partial charge in [0.15, 0.2) is 0 Å². The van der Waals surface area contributed by atoms with Crippen LogP contribution in [0.25, 0.3) is 0 Å². The molecule has 1 N–H and O–H groups in total. The minimum absolute atomic E-state index is 0.00538. The van der Waals surface area contributed by atoms with Crippen molar-refractivity contribution in [3.8, 4) is 0 Å². The third-order valence-corrected chi connectivity index (χ3v) is 4.89. The molecular weight excluding hydrogens is 308 g/mol. The number of hydrogen-bond donors (Lipinski definition) is 1. The summed E-state index contributed by atoms with van der Waals surface area (Å²) in [7, 11) is 0. The van der Waals surface area contributed by atoms with E-state index in [0.717, 1.165) is 47.9 Å². The molecule has 5 nitrogen and oxygen atoms in total. The van der Waals surface area contributed by atoms with Crippen molar-refractivity contribution in [1.82, 2.24) is 20.2 Å². The van der Waals surface area contributed by atoms with Crippen molar-refractivity contribution in [1.29, 1.82) is 0 Å². The van der Waals surface area contributed by atoms with Gasteiger partial charge in [-0.2, -0.15) is 0 Å². The number of rotatable bonds is 4. The van der Waals surface area contributed by atoms with E-state index in [2.05, 4.69) is 20.7 Å². The molecular formula is C17H22N4OS. The maximum Gasteiger partial charge on any atom is 0.317 e. The SMILES string of the molecule is Cc1cccc(CCNC(=O)N2CCC[C@H]2c2csc(C)n2)n1. The highest BCUT2D eigenvalue weighted by molar-refractivity contribution is 7.09. The summed E-state index contributed by atoms with van der Waals surface area (Å²) in [5.74, 6) is 0. The van der Waals surface area contributed by atoms with Crippen LogP contribution in [0.4, 0.5) is 4.79 Å². The monoisotopic (exact) mass is 330 g/mol. The van der Waals surface area contributed by atoms with Crippen LogP contribution in [0.3, 0.4) is 0 Å². The second-order valence-corrected chi connectivity index (χ2v) is 6.96. The minimum atomic E-state index is 0.00538. The molecule has 1 atom stereocenters. The maximum absolute atomic E-state index is 12.5. The van der Waals surface area contributed by atoms with Gasteiger partial charge in [0.1, 0.15) is 0 Å². The smallest absolute Gasteiger partial charge is 0.317 e. The topological polar surface area (TPSA) is 58.1 Å². The highest BCUT2D eigenvalue weighted by Crippen LogP contribution is 2.32. The van der Waals surface area contributed by atoms with Gasteiger partial charge in [0.2, 0.25) is 0 Å². The van der Waals surface area contributed by atoms with Crippen molar-refractivity contribution >= 4 is 17.4 Å². The number of amides is 2. The highest BCUT2D eigenvalue weighted by Gasteiger charge is 2.31. The molecule has 0 bridgehead atoms. The number of hydrogen-bond acceptors (Lipinski definition) is 4. The number of aryl methyl sites for hydroxylation is 2. The summed E-state index contributed by atoms with van der Waals surface area (Å²) in [6.07, 6.45) is 2.78. The van der Waals surface area contributed by atoms with Gasteiger partial charge in [-0.1, -0.05) is 6.07 Å². The first-order chi connectivity index (χ1) is 11.1. The van der Waals surface area contributed by atoms with Crippen LogP contribution in [0.2, 0.25) is 0 Å². The van der Waals surface area contributed by atoms with Crippen molar-refractivity contribution in [2.24, 2.45) is 0 Å². The van der Waals surface area contributed by atoms with Gasteiger partial charge in [-0.05, 0) is 38.8 Å². The Balaban J connectivity index is 1.55. The van der Waals surface area contributed by atoms with E-state index in [-0.39, 0.29) is 12.1 Å². The number of carbonyl (C=O) groups is 1. The second-order valence-electron chi connectivity index (χ2n) is 5.90. The third kappa shape index (κ3) is 3.88. The van der Waals surface area contributed by atoms with E-state index in [1.165, 1.54) is 0 Å². The number of carbonyl (C=O) groups excluding carboxylic acids is 1. The zero-order valence-corrected chi connectivity index (χ0v) is 14.4. The lowest BCUT2D eigenvalue weighted by molar-refractivity contribution is 0.192. The molecule has 1 fully saturated rings. The van der Waals surface area contributed by atoms with E-state index in [4.69, 9.17) is 0 Å². The molecule has 0 unspecified atom stereocenters. The Morgan fingerprint density at radius 1 is 1.39 bits per heavy atom. The van der Waals surface area contributed by atoms with Gasteiger partial charge in [-0.25, -0.2) is 9.78 Å². The Labute approximate surface area is 140 Å². The zero-order chi connectivity index (χ0) is 16.2. The lowest BCUT2D eigenvalue weighted by Gasteiger charge is -2.23. The number of likely N-dealkylation sites (tertiary alicyclic amines) is 1. The van der Waals surface area contributed by atoms with Crippen molar-refractivity contribution in [3.05, 3.63) is 45.7 Å². The average molecular weight is 330 g/mol. The van der Waals surface area contributed by atoms with Crippen LogP contribution < -0.4 is 5.32 Å². The van der Waals surface area contributed by atoms with E-state index in [0.29, 0.717) is 6.54 Å². The molecule has 3 heterocycles. The molecule has 2 amide bonds. The van der Waals surface area contributed by atoms with Crippen LogP contribution in [-0.2, 0) is 6.42 Å². The van der Waals surface area contributed by atoms with Gasteiger partial charge in [0, 0.05) is 36.3 Å². The van der Waals surface area contributed by atoms with Gasteiger partial charge in [0.25, 0.3) is 0 Å². The molecule has 0 aliphatic carbocycles. The fraction of sp³-hybridized carbons (Fsp3) is 0.471. The Morgan fingerprint density at radius 2 is 2.26 bits per heavy atom. The zero-order valence-electron chi connectivity index (χ0n) is 13.6. The van der Waals surface area contributed by atoms with E-state index in [9.17, 15) is 4.79 Å². The lowest BCUT2D eigenvalue weighted by atomic mass is 10.2. The fourth-order valence-electron chi connectivity index (χ4n) is 2.99. The van der Waals surface area contributed by atoms with Crippen LogP contribution in [0.15, 0.2) is 23.6 Å². The number of nitrogens with one attached hydrogen (secondary N) is 1. The highest BCUT2D eigenvalue weighted by atomic mass is 32.1. The van der Waals surface area contributed by atoms with E-state index < -0.39 is 0 Å². The molecule has 2 aromatic rings. The van der Waals surface area contributed by atoms with Crippen LogP contribution in [0.5, 0.6) is 0 Å². The summed E-state index contributed by atoms with van der Waals surface area (Å²) >= 11 is 1.64. The Kier molecular flexibility index (Phi) is 4.91. The summed E-state index contributed by atoms with van der Waals surface area (Å²) < 4.78 is 0. The largest absolute Gasteiger partial charge is 0.338 e. The Morgan fingerprint density at radius 3 is 3.00 bits per heavy atom. The van der Waals surface area contributed by atoms with Gasteiger partial charge < -0.3 is 10.2 Å². The summed E-state index contributed by atoms with van der Waals surface area (Å²) in [5, 5.41) is 6.15. The van der Waals surface area contributed by atoms with Gasteiger partial charge >= 0.3 is 6.03 Å².